The van der Waals surface area contributed by atoms with Gasteiger partial charge in [0.25, 0.3) is 5.24 Å². The highest BCUT2D eigenvalue weighted by atomic mass is 35.5. The van der Waals surface area contributed by atoms with Crippen molar-refractivity contribution in [2.75, 3.05) is 11.9 Å². The Morgan fingerprint density at radius 2 is 1.50 bits per heavy atom. The van der Waals surface area contributed by atoms with Gasteiger partial charge in [-0.05, 0) is 49.4 Å². The van der Waals surface area contributed by atoms with Crippen LogP contribution in [0.3, 0.4) is 0 Å². The number of hydrogen-bond acceptors (Lipinski definition) is 2. The number of benzene rings is 1. The highest BCUT2D eigenvalue weighted by Crippen LogP contribution is 2.17. The fraction of sp³-hybridized carbons (Fsp3) is 0.591. The minimum Gasteiger partial charge on any atom is -0.384 e. The van der Waals surface area contributed by atoms with Crippen LogP contribution in [0.5, 0.6) is 0 Å². The van der Waals surface area contributed by atoms with Crippen LogP contribution in [0.1, 0.15) is 87.9 Å². The topological polar surface area (TPSA) is 29.1 Å². The largest absolute Gasteiger partial charge is 0.384 e. The van der Waals surface area contributed by atoms with Gasteiger partial charge in [-0.15, -0.1) is 12.4 Å². The van der Waals surface area contributed by atoms with Crippen LogP contribution in [-0.2, 0) is 0 Å². The first kappa shape index (κ1) is 25.0. The van der Waals surface area contributed by atoms with E-state index in [1.807, 2.05) is 18.2 Å². The first-order chi connectivity index (χ1) is 12.3. The number of para-hydroxylation sites is 1. The third-order valence-electron chi connectivity index (χ3n) is 4.39. The van der Waals surface area contributed by atoms with E-state index in [2.05, 4.69) is 24.4 Å². The van der Waals surface area contributed by atoms with Crippen molar-refractivity contribution in [3.63, 3.8) is 0 Å². The number of carbonyl (C=O) groups is 1. The van der Waals surface area contributed by atoms with Gasteiger partial charge in [0.2, 0.25) is 0 Å². The lowest BCUT2D eigenvalue weighted by atomic mass is 10.1. The molecule has 1 aromatic rings. The fourth-order valence-corrected chi connectivity index (χ4v) is 3.05. The lowest BCUT2D eigenvalue weighted by Crippen LogP contribution is -2.05. The molecule has 0 amide bonds. The zero-order valence-corrected chi connectivity index (χ0v) is 17.7. The number of nitrogens with one attached hydrogen (secondary N) is 1. The summed E-state index contributed by atoms with van der Waals surface area (Å²) in [6.07, 6.45) is 18.9. The van der Waals surface area contributed by atoms with Crippen molar-refractivity contribution in [3.05, 3.63) is 42.0 Å². The van der Waals surface area contributed by atoms with E-state index in [1.54, 1.807) is 6.07 Å². The normalized spacial score (nSPS) is 10.7. The molecule has 2 nitrogen and oxygen atoms in total. The molecule has 0 aliphatic heterocycles. The second-order valence-corrected chi connectivity index (χ2v) is 6.97. The van der Waals surface area contributed by atoms with E-state index in [4.69, 9.17) is 11.6 Å². The molecule has 4 heteroatoms. The molecule has 0 aliphatic rings. The van der Waals surface area contributed by atoms with Crippen molar-refractivity contribution in [1.29, 1.82) is 0 Å². The molecule has 0 spiro atoms. The van der Waals surface area contributed by atoms with Crippen LogP contribution in [0.15, 0.2) is 36.4 Å². The maximum Gasteiger partial charge on any atom is 0.254 e. The van der Waals surface area contributed by atoms with E-state index >= 15 is 0 Å². The molecule has 0 radical (unpaired) electrons. The van der Waals surface area contributed by atoms with Gasteiger partial charge in [-0.3, -0.25) is 4.79 Å². The summed E-state index contributed by atoms with van der Waals surface area (Å²) < 4.78 is 0. The van der Waals surface area contributed by atoms with Gasteiger partial charge < -0.3 is 5.32 Å². The summed E-state index contributed by atoms with van der Waals surface area (Å²) in [6.45, 7) is 3.12. The average Bonchev–Trinajstić information content (AvgIpc) is 2.62. The van der Waals surface area contributed by atoms with Crippen LogP contribution in [0.25, 0.3) is 0 Å². The molecule has 1 rings (SSSR count). The summed E-state index contributed by atoms with van der Waals surface area (Å²) in [5.41, 5.74) is 1.37. The number of halogens is 2. The molecule has 1 aromatic carbocycles. The number of carbonyl (C=O) groups excluding carboxylic acids is 1. The Kier molecular flexibility index (Phi) is 16.8. The smallest absolute Gasteiger partial charge is 0.254 e. The van der Waals surface area contributed by atoms with Gasteiger partial charge in [-0.2, -0.15) is 0 Å². The molecule has 0 fully saturated rings. The predicted octanol–water partition coefficient (Wildman–Crippen LogP) is 7.77. The lowest BCUT2D eigenvalue weighted by molar-refractivity contribution is 0.108. The van der Waals surface area contributed by atoms with Gasteiger partial charge >= 0.3 is 0 Å². The molecule has 0 aliphatic carbocycles. The zero-order chi connectivity index (χ0) is 18.2. The molecule has 0 saturated heterocycles. The highest BCUT2D eigenvalue weighted by Gasteiger charge is 2.06. The van der Waals surface area contributed by atoms with E-state index in [1.165, 1.54) is 57.8 Å². The van der Waals surface area contributed by atoms with Crippen LogP contribution in [-0.4, -0.2) is 11.8 Å². The first-order valence-corrected chi connectivity index (χ1v) is 10.3. The van der Waals surface area contributed by atoms with E-state index in [-0.39, 0.29) is 12.4 Å². The van der Waals surface area contributed by atoms with Crippen molar-refractivity contribution < 1.29 is 4.79 Å². The van der Waals surface area contributed by atoms with Gasteiger partial charge in [0.15, 0.2) is 0 Å². The SMILES string of the molecule is CCCCCCCCCCC=CCCCNc1ccccc1C(=O)Cl.Cl. The number of hydrogen-bond donors (Lipinski definition) is 1. The Bertz CT molecular complexity index is 503. The van der Waals surface area contributed by atoms with Gasteiger partial charge in [0.05, 0.1) is 5.56 Å². The number of rotatable bonds is 15. The van der Waals surface area contributed by atoms with E-state index < -0.39 is 5.24 Å². The van der Waals surface area contributed by atoms with Crippen LogP contribution in [0.4, 0.5) is 5.69 Å². The summed E-state index contributed by atoms with van der Waals surface area (Å²) >= 11 is 5.58. The minimum atomic E-state index is -0.409. The van der Waals surface area contributed by atoms with Crippen molar-refractivity contribution in [3.8, 4) is 0 Å². The molecule has 26 heavy (non-hydrogen) atoms. The van der Waals surface area contributed by atoms with E-state index in [0.29, 0.717) is 5.56 Å². The Hall–Kier alpha value is -0.990. The summed E-state index contributed by atoms with van der Waals surface area (Å²) in [4.78, 5) is 11.3. The van der Waals surface area contributed by atoms with Crippen molar-refractivity contribution in [1.82, 2.24) is 0 Å². The monoisotopic (exact) mass is 399 g/mol. The standard InChI is InChI=1S/C22H34ClNO.ClH/c1-2-3-4-5-6-7-8-9-10-11-12-13-16-19-24-21-18-15-14-17-20(21)22(23)25;/h11-12,14-15,17-18,24H,2-10,13,16,19H2,1H3;1H. The maximum atomic E-state index is 11.3. The highest BCUT2D eigenvalue weighted by molar-refractivity contribution is 6.68. The molecule has 0 aromatic heterocycles. The third kappa shape index (κ3) is 12.4. The van der Waals surface area contributed by atoms with Crippen LogP contribution < -0.4 is 5.32 Å². The van der Waals surface area contributed by atoms with Gasteiger partial charge in [-0.25, -0.2) is 0 Å². The molecule has 1 N–H and O–H groups in total. The summed E-state index contributed by atoms with van der Waals surface area (Å²) in [5, 5.41) is 2.89. The number of allylic oxidation sites excluding steroid dienone is 2. The summed E-state index contributed by atoms with van der Waals surface area (Å²) in [5.74, 6) is 0. The molecule has 0 atom stereocenters. The third-order valence-corrected chi connectivity index (χ3v) is 4.60. The Morgan fingerprint density at radius 3 is 2.15 bits per heavy atom. The molecule has 0 unspecified atom stereocenters. The number of anilines is 1. The van der Waals surface area contributed by atoms with E-state index in [0.717, 1.165) is 25.1 Å². The Balaban J connectivity index is 0.00000625. The zero-order valence-electron chi connectivity index (χ0n) is 16.1. The minimum absolute atomic E-state index is 0. The Labute approximate surface area is 171 Å². The molecule has 0 saturated carbocycles. The van der Waals surface area contributed by atoms with E-state index in [9.17, 15) is 4.79 Å². The molecule has 0 heterocycles. The van der Waals surface area contributed by atoms with Crippen molar-refractivity contribution in [2.45, 2.75) is 77.6 Å². The van der Waals surface area contributed by atoms with Gasteiger partial charge in [-0.1, -0.05) is 76.2 Å². The van der Waals surface area contributed by atoms with Crippen LogP contribution in [0.2, 0.25) is 0 Å². The molecular weight excluding hydrogens is 365 g/mol. The Morgan fingerprint density at radius 1 is 0.923 bits per heavy atom. The maximum absolute atomic E-state index is 11.3. The second-order valence-electron chi connectivity index (χ2n) is 6.62. The quantitative estimate of drug-likeness (QED) is 0.185. The number of unbranched alkanes of at least 4 members (excludes halogenated alkanes) is 9. The molecule has 148 valence electrons. The summed E-state index contributed by atoms with van der Waals surface area (Å²) in [6, 6.07) is 7.39. The molecular formula is C22H35Cl2NO. The second kappa shape index (κ2) is 17.4. The van der Waals surface area contributed by atoms with Crippen LogP contribution in [0, 0.1) is 0 Å². The first-order valence-electron chi connectivity index (χ1n) is 9.93. The van der Waals surface area contributed by atoms with Crippen molar-refractivity contribution >= 4 is 34.9 Å². The summed E-state index contributed by atoms with van der Waals surface area (Å²) in [7, 11) is 0. The molecule has 0 bridgehead atoms. The van der Waals surface area contributed by atoms with Crippen LogP contribution >= 0.6 is 24.0 Å². The lowest BCUT2D eigenvalue weighted by Gasteiger charge is -2.08. The predicted molar refractivity (Wildman–Crippen MR) is 118 cm³/mol. The van der Waals surface area contributed by atoms with Crippen molar-refractivity contribution in [2.24, 2.45) is 0 Å². The average molecular weight is 400 g/mol. The fourth-order valence-electron chi connectivity index (χ4n) is 2.88. The van der Waals surface area contributed by atoms with Gasteiger partial charge in [0.1, 0.15) is 0 Å². The van der Waals surface area contributed by atoms with Gasteiger partial charge in [0, 0.05) is 12.2 Å².